The van der Waals surface area contributed by atoms with Gasteiger partial charge in [0, 0.05) is 32.7 Å². The molecule has 3 rings (SSSR count). The first-order chi connectivity index (χ1) is 17.4. The molecule has 1 saturated heterocycles. The summed E-state index contributed by atoms with van der Waals surface area (Å²) in [6.45, 7) is 0.399. The van der Waals surface area contributed by atoms with Crippen LogP contribution in [0.1, 0.15) is 60.0 Å². The van der Waals surface area contributed by atoms with Crippen LogP contribution in [0.15, 0.2) is 48.5 Å². The third kappa shape index (κ3) is 6.85. The topological polar surface area (TPSA) is 60.9 Å². The van der Waals surface area contributed by atoms with Crippen LogP contribution >= 0.6 is 11.6 Å². The lowest BCUT2D eigenvalue weighted by atomic mass is 9.87. The van der Waals surface area contributed by atoms with Gasteiger partial charge in [0.15, 0.2) is 0 Å². The summed E-state index contributed by atoms with van der Waals surface area (Å²) in [6, 6.07) is 12.1. The van der Waals surface area contributed by atoms with Gasteiger partial charge in [0.1, 0.15) is 0 Å². The zero-order chi connectivity index (χ0) is 27.2. The van der Waals surface area contributed by atoms with E-state index in [2.05, 4.69) is 0 Å². The molecule has 1 aliphatic rings. The van der Waals surface area contributed by atoms with E-state index in [1.54, 1.807) is 20.2 Å². The molecule has 0 spiro atoms. The van der Waals surface area contributed by atoms with Gasteiger partial charge < -0.3 is 14.9 Å². The average Bonchev–Trinajstić information content (AvgIpc) is 2.87. The fourth-order valence-corrected chi connectivity index (χ4v) is 5.09. The van der Waals surface area contributed by atoms with Gasteiger partial charge in [0.2, 0.25) is 0 Å². The summed E-state index contributed by atoms with van der Waals surface area (Å²) in [5.74, 6) is -1.10. The number of aryl methyl sites for hydroxylation is 1. The molecule has 1 N–H and O–H groups in total. The van der Waals surface area contributed by atoms with Crippen molar-refractivity contribution in [3.63, 3.8) is 0 Å². The number of likely N-dealkylation sites (tertiary alicyclic amines) is 1. The number of nitrogens with zero attached hydrogens (tertiary/aromatic N) is 2. The Morgan fingerprint density at radius 3 is 2.24 bits per heavy atom. The molecule has 1 atom stereocenters. The van der Waals surface area contributed by atoms with E-state index in [9.17, 15) is 27.9 Å². The average molecular weight is 539 g/mol. The SMILES string of the molecule is CN(C)C(=O)c1ccc(CCCCCC2CCN(C(=O)[C@@](O)(c3ccccc3)C(F)(F)F)CC2)cc1Cl. The minimum absolute atomic E-state index is 0.132. The van der Waals surface area contributed by atoms with Gasteiger partial charge in [0.25, 0.3) is 17.4 Å². The number of amides is 2. The van der Waals surface area contributed by atoms with Crippen molar-refractivity contribution in [3.8, 4) is 0 Å². The van der Waals surface area contributed by atoms with Crippen LogP contribution < -0.4 is 0 Å². The third-order valence-electron chi connectivity index (χ3n) is 7.06. The molecule has 2 aromatic rings. The second kappa shape index (κ2) is 12.3. The van der Waals surface area contributed by atoms with E-state index < -0.39 is 23.2 Å². The van der Waals surface area contributed by atoms with Crippen LogP contribution in [0.3, 0.4) is 0 Å². The van der Waals surface area contributed by atoms with Crippen molar-refractivity contribution >= 4 is 23.4 Å². The van der Waals surface area contributed by atoms with E-state index in [-0.39, 0.29) is 19.0 Å². The molecule has 1 fully saturated rings. The van der Waals surface area contributed by atoms with Crippen molar-refractivity contribution in [2.75, 3.05) is 27.2 Å². The summed E-state index contributed by atoms with van der Waals surface area (Å²) >= 11 is 6.28. The molecule has 0 aromatic heterocycles. The van der Waals surface area contributed by atoms with Crippen molar-refractivity contribution in [3.05, 3.63) is 70.2 Å². The Balaban J connectivity index is 1.44. The second-order valence-electron chi connectivity index (χ2n) is 9.92. The number of hydrogen-bond acceptors (Lipinski definition) is 3. The van der Waals surface area contributed by atoms with Crippen LogP contribution in [-0.2, 0) is 16.8 Å². The summed E-state index contributed by atoms with van der Waals surface area (Å²) in [4.78, 5) is 27.6. The highest BCUT2D eigenvalue weighted by molar-refractivity contribution is 6.33. The molecule has 0 saturated carbocycles. The highest BCUT2D eigenvalue weighted by atomic mass is 35.5. The van der Waals surface area contributed by atoms with E-state index in [1.807, 2.05) is 12.1 Å². The van der Waals surface area contributed by atoms with Gasteiger partial charge in [-0.3, -0.25) is 9.59 Å². The minimum atomic E-state index is -5.12. The van der Waals surface area contributed by atoms with Crippen molar-refractivity contribution in [1.82, 2.24) is 9.80 Å². The normalized spacial score (nSPS) is 16.4. The molecule has 9 heteroatoms. The molecule has 1 heterocycles. The Bertz CT molecular complexity index is 1070. The van der Waals surface area contributed by atoms with Crippen molar-refractivity contribution < 1.29 is 27.9 Å². The number of halogens is 4. The van der Waals surface area contributed by atoms with Gasteiger partial charge >= 0.3 is 6.18 Å². The molecule has 1 aliphatic heterocycles. The molecule has 5 nitrogen and oxygen atoms in total. The fourth-order valence-electron chi connectivity index (χ4n) is 4.81. The minimum Gasteiger partial charge on any atom is -0.369 e. The van der Waals surface area contributed by atoms with Crippen LogP contribution in [-0.4, -0.2) is 60.1 Å². The van der Waals surface area contributed by atoms with Crippen molar-refractivity contribution in [2.24, 2.45) is 5.92 Å². The Labute approximate surface area is 221 Å². The molecule has 2 amide bonds. The fraction of sp³-hybridized carbons (Fsp3) is 0.500. The lowest BCUT2D eigenvalue weighted by Crippen LogP contribution is -2.57. The third-order valence-corrected chi connectivity index (χ3v) is 7.37. The van der Waals surface area contributed by atoms with Crippen molar-refractivity contribution in [1.29, 1.82) is 0 Å². The maximum absolute atomic E-state index is 13.8. The van der Waals surface area contributed by atoms with Gasteiger partial charge in [0.05, 0.1) is 10.6 Å². The number of unbranched alkanes of at least 4 members (excludes halogenated alkanes) is 2. The van der Waals surface area contributed by atoms with Gasteiger partial charge in [-0.05, 0) is 49.3 Å². The van der Waals surface area contributed by atoms with Gasteiger partial charge in [-0.2, -0.15) is 13.2 Å². The van der Waals surface area contributed by atoms with Crippen LogP contribution in [0.25, 0.3) is 0 Å². The maximum atomic E-state index is 13.8. The molecule has 2 aromatic carbocycles. The summed E-state index contributed by atoms with van der Waals surface area (Å²) in [5, 5.41) is 11.0. The first-order valence-corrected chi connectivity index (χ1v) is 13.0. The molecule has 202 valence electrons. The largest absolute Gasteiger partial charge is 0.430 e. The number of benzene rings is 2. The molecule has 0 bridgehead atoms. The number of alkyl halides is 3. The van der Waals surface area contributed by atoms with Crippen LogP contribution in [0.2, 0.25) is 5.02 Å². The second-order valence-corrected chi connectivity index (χ2v) is 10.3. The molecule has 0 aliphatic carbocycles. The Hall–Kier alpha value is -2.58. The number of carbonyl (C=O) groups excluding carboxylic acids is 2. The Morgan fingerprint density at radius 2 is 1.68 bits per heavy atom. The van der Waals surface area contributed by atoms with E-state index in [0.717, 1.165) is 54.7 Å². The Morgan fingerprint density at radius 1 is 1.03 bits per heavy atom. The summed E-state index contributed by atoms with van der Waals surface area (Å²) < 4.78 is 41.5. The molecular weight excluding hydrogens is 505 g/mol. The maximum Gasteiger partial charge on any atom is 0.430 e. The summed E-state index contributed by atoms with van der Waals surface area (Å²) in [5.41, 5.74) is -2.45. The van der Waals surface area contributed by atoms with Crippen molar-refractivity contribution in [2.45, 2.75) is 56.7 Å². The Kier molecular flexibility index (Phi) is 9.64. The van der Waals surface area contributed by atoms with Gasteiger partial charge in [-0.25, -0.2) is 0 Å². The number of carbonyl (C=O) groups is 2. The zero-order valence-electron chi connectivity index (χ0n) is 21.2. The van der Waals surface area contributed by atoms with E-state index in [0.29, 0.717) is 29.3 Å². The summed E-state index contributed by atoms with van der Waals surface area (Å²) in [6.07, 6.45) is 0.854. The molecule has 37 heavy (non-hydrogen) atoms. The van der Waals surface area contributed by atoms with E-state index in [1.165, 1.54) is 23.1 Å². The highest BCUT2D eigenvalue weighted by Crippen LogP contribution is 2.41. The molecular formula is C28H34ClF3N2O3. The quantitative estimate of drug-likeness (QED) is 0.408. The lowest BCUT2D eigenvalue weighted by Gasteiger charge is -2.38. The number of piperidine rings is 1. The van der Waals surface area contributed by atoms with Crippen LogP contribution in [0, 0.1) is 5.92 Å². The van der Waals surface area contributed by atoms with Gasteiger partial charge in [-0.1, -0.05) is 67.3 Å². The lowest BCUT2D eigenvalue weighted by molar-refractivity contribution is -0.262. The van der Waals surface area contributed by atoms with E-state index >= 15 is 0 Å². The van der Waals surface area contributed by atoms with Crippen LogP contribution in [0.5, 0.6) is 0 Å². The standard InChI is InChI=1S/C28H34ClF3N2O3/c1-33(2)25(35)23-14-13-21(19-24(23)29)10-6-3-5-9-20-15-17-34(18-16-20)26(36)27(37,28(30,31)32)22-11-7-4-8-12-22/h4,7-8,11-14,19-20,37H,3,5-6,9-10,15-18H2,1-2H3/t27-/m0/s1. The van der Waals surface area contributed by atoms with Crippen LogP contribution in [0.4, 0.5) is 13.2 Å². The first-order valence-electron chi connectivity index (χ1n) is 12.6. The number of hydrogen-bond donors (Lipinski definition) is 1. The first kappa shape index (κ1) is 29.0. The monoisotopic (exact) mass is 538 g/mol. The smallest absolute Gasteiger partial charge is 0.369 e. The predicted octanol–water partition coefficient (Wildman–Crippen LogP) is 5.83. The summed E-state index contributed by atoms with van der Waals surface area (Å²) in [7, 11) is 3.36. The van der Waals surface area contributed by atoms with E-state index in [4.69, 9.17) is 11.6 Å². The molecule has 0 radical (unpaired) electrons. The van der Waals surface area contributed by atoms with Gasteiger partial charge in [-0.15, -0.1) is 0 Å². The predicted molar refractivity (Wildman–Crippen MR) is 137 cm³/mol. The zero-order valence-corrected chi connectivity index (χ0v) is 22.0. The number of rotatable bonds is 9. The number of aliphatic hydroxyl groups is 1. The highest BCUT2D eigenvalue weighted by Gasteiger charge is 2.62. The molecule has 0 unspecified atom stereocenters.